The van der Waals surface area contributed by atoms with Crippen LogP contribution in [0.5, 0.6) is 11.5 Å². The number of rotatable bonds is 9. The summed E-state index contributed by atoms with van der Waals surface area (Å²) in [4.78, 5) is 22.1. The summed E-state index contributed by atoms with van der Waals surface area (Å²) in [6, 6.07) is 9.91. The Hall–Kier alpha value is -2.64. The lowest BCUT2D eigenvalue weighted by molar-refractivity contribution is -0.118. The van der Waals surface area contributed by atoms with Crippen LogP contribution in [-0.2, 0) is 11.2 Å². The van der Waals surface area contributed by atoms with Gasteiger partial charge in [0.2, 0.25) is 5.91 Å². The first-order chi connectivity index (χ1) is 14.8. The summed E-state index contributed by atoms with van der Waals surface area (Å²) in [6.07, 6.45) is 1.20. The zero-order valence-electron chi connectivity index (χ0n) is 19.2. The Kier molecular flexibility index (Phi) is 7.51. The van der Waals surface area contributed by atoms with Gasteiger partial charge in [0.15, 0.2) is 5.13 Å². The van der Waals surface area contributed by atoms with Crippen molar-refractivity contribution in [1.82, 2.24) is 9.88 Å². The van der Waals surface area contributed by atoms with E-state index in [-0.39, 0.29) is 5.91 Å². The van der Waals surface area contributed by atoms with Crippen LogP contribution in [-0.4, -0.2) is 57.2 Å². The third kappa shape index (κ3) is 5.35. The van der Waals surface area contributed by atoms with Crippen LogP contribution in [0.25, 0.3) is 10.2 Å². The van der Waals surface area contributed by atoms with Crippen LogP contribution in [0.4, 0.5) is 5.13 Å². The fraction of sp³-hybridized carbons (Fsp3) is 0.417. The molecule has 0 radical (unpaired) electrons. The summed E-state index contributed by atoms with van der Waals surface area (Å²) in [7, 11) is 7.34. The van der Waals surface area contributed by atoms with Crippen molar-refractivity contribution in [3.63, 3.8) is 0 Å². The molecule has 6 nitrogen and oxygen atoms in total. The predicted molar refractivity (Wildman–Crippen MR) is 128 cm³/mol. The molecule has 0 saturated carbocycles. The molecule has 0 saturated heterocycles. The third-order valence-electron chi connectivity index (χ3n) is 5.34. The summed E-state index contributed by atoms with van der Waals surface area (Å²) in [5.74, 6) is 1.45. The van der Waals surface area contributed by atoms with E-state index in [2.05, 4.69) is 30.9 Å². The van der Waals surface area contributed by atoms with Crippen molar-refractivity contribution in [2.24, 2.45) is 0 Å². The molecule has 1 aromatic heterocycles. The zero-order chi connectivity index (χ0) is 22.5. The average Bonchev–Trinajstić information content (AvgIpc) is 3.17. The first-order valence-electron chi connectivity index (χ1n) is 10.4. The molecule has 0 N–H and O–H groups in total. The Balaban J connectivity index is 1.95. The van der Waals surface area contributed by atoms with Crippen molar-refractivity contribution in [2.75, 3.05) is 46.3 Å². The molecular weight excluding hydrogens is 410 g/mol. The second kappa shape index (κ2) is 10.1. The first-order valence-corrected chi connectivity index (χ1v) is 11.2. The van der Waals surface area contributed by atoms with Gasteiger partial charge in [-0.3, -0.25) is 9.69 Å². The van der Waals surface area contributed by atoms with Crippen molar-refractivity contribution in [1.29, 1.82) is 0 Å². The fourth-order valence-corrected chi connectivity index (χ4v) is 4.56. The van der Waals surface area contributed by atoms with Crippen LogP contribution < -0.4 is 14.4 Å². The minimum absolute atomic E-state index is 0.0407. The van der Waals surface area contributed by atoms with Crippen LogP contribution in [0.1, 0.15) is 23.1 Å². The Labute approximate surface area is 188 Å². The van der Waals surface area contributed by atoms with Gasteiger partial charge in [-0.1, -0.05) is 29.5 Å². The van der Waals surface area contributed by atoms with Crippen molar-refractivity contribution in [3.8, 4) is 11.5 Å². The van der Waals surface area contributed by atoms with Gasteiger partial charge in [0.25, 0.3) is 0 Å². The molecule has 3 aromatic rings. The van der Waals surface area contributed by atoms with Crippen LogP contribution in [0.15, 0.2) is 30.3 Å². The Morgan fingerprint density at radius 1 is 1.00 bits per heavy atom. The van der Waals surface area contributed by atoms with Gasteiger partial charge < -0.3 is 14.4 Å². The maximum absolute atomic E-state index is 13.4. The fourth-order valence-electron chi connectivity index (χ4n) is 3.45. The molecule has 0 aliphatic heterocycles. The highest BCUT2D eigenvalue weighted by Crippen LogP contribution is 2.40. The quantitative estimate of drug-likeness (QED) is 0.491. The predicted octanol–water partition coefficient (Wildman–Crippen LogP) is 4.46. The molecule has 31 heavy (non-hydrogen) atoms. The topological polar surface area (TPSA) is 54.9 Å². The highest BCUT2D eigenvalue weighted by molar-refractivity contribution is 7.22. The number of anilines is 1. The molecule has 0 aliphatic rings. The van der Waals surface area contributed by atoms with Crippen LogP contribution in [0.2, 0.25) is 0 Å². The van der Waals surface area contributed by atoms with E-state index in [0.717, 1.165) is 34.5 Å². The smallest absolute Gasteiger partial charge is 0.233 e. The molecule has 166 valence electrons. The van der Waals surface area contributed by atoms with Gasteiger partial charge in [0, 0.05) is 6.54 Å². The van der Waals surface area contributed by atoms with Crippen LogP contribution in [0.3, 0.4) is 0 Å². The monoisotopic (exact) mass is 441 g/mol. The molecule has 0 unspecified atom stereocenters. The maximum Gasteiger partial charge on any atom is 0.233 e. The number of thiazole rings is 1. The molecule has 0 bridgehead atoms. The number of hydrogen-bond donors (Lipinski definition) is 0. The van der Waals surface area contributed by atoms with Crippen molar-refractivity contribution in [2.45, 2.75) is 26.7 Å². The molecule has 0 aliphatic carbocycles. The van der Waals surface area contributed by atoms with E-state index in [1.54, 1.807) is 14.2 Å². The Morgan fingerprint density at radius 2 is 1.71 bits per heavy atom. The van der Waals surface area contributed by atoms with E-state index in [4.69, 9.17) is 14.5 Å². The molecule has 7 heteroatoms. The third-order valence-corrected chi connectivity index (χ3v) is 6.44. The van der Waals surface area contributed by atoms with Gasteiger partial charge >= 0.3 is 0 Å². The molecule has 2 aromatic carbocycles. The molecule has 0 spiro atoms. The average molecular weight is 442 g/mol. The normalized spacial score (nSPS) is 11.2. The zero-order valence-corrected chi connectivity index (χ0v) is 20.0. The standard InChI is InChI=1S/C24H31N3O3S/c1-16-8-9-18(14-17(16)2)15-21(28)27(13-7-12-26(3)4)24-25-22-19(29-5)10-11-20(30-6)23(22)31-24/h8-11,14H,7,12-13,15H2,1-6H3. The van der Waals surface area contributed by atoms with Crippen molar-refractivity contribution in [3.05, 3.63) is 47.0 Å². The molecule has 1 heterocycles. The number of aromatic nitrogens is 1. The highest BCUT2D eigenvalue weighted by Gasteiger charge is 2.22. The van der Waals surface area contributed by atoms with Crippen molar-refractivity contribution >= 4 is 32.6 Å². The number of nitrogens with zero attached hydrogens (tertiary/aromatic N) is 3. The largest absolute Gasteiger partial charge is 0.495 e. The second-order valence-corrected chi connectivity index (χ2v) is 8.92. The van der Waals surface area contributed by atoms with Crippen molar-refractivity contribution < 1.29 is 14.3 Å². The maximum atomic E-state index is 13.4. The van der Waals surface area contributed by atoms with Gasteiger partial charge in [0.1, 0.15) is 21.7 Å². The number of benzene rings is 2. The Morgan fingerprint density at radius 3 is 2.35 bits per heavy atom. The van der Waals surface area contributed by atoms with Gasteiger partial charge in [-0.25, -0.2) is 4.98 Å². The van der Waals surface area contributed by atoms with E-state index in [9.17, 15) is 4.79 Å². The van der Waals surface area contributed by atoms with E-state index in [1.165, 1.54) is 22.5 Å². The SMILES string of the molecule is COc1ccc(OC)c2sc(N(CCCN(C)C)C(=O)Cc3ccc(C)c(C)c3)nc12. The van der Waals surface area contributed by atoms with E-state index in [0.29, 0.717) is 23.8 Å². The number of fused-ring (bicyclic) bond motifs is 1. The number of carbonyl (C=O) groups is 1. The molecule has 3 rings (SSSR count). The number of ether oxygens (including phenoxy) is 2. The van der Waals surface area contributed by atoms with Gasteiger partial charge in [-0.2, -0.15) is 0 Å². The van der Waals surface area contributed by atoms with Crippen LogP contribution in [0, 0.1) is 13.8 Å². The lowest BCUT2D eigenvalue weighted by Crippen LogP contribution is -2.34. The Bertz CT molecular complexity index is 1020. The van der Waals surface area contributed by atoms with Gasteiger partial charge in [-0.15, -0.1) is 0 Å². The minimum Gasteiger partial charge on any atom is -0.495 e. The van der Waals surface area contributed by atoms with Crippen LogP contribution >= 0.6 is 11.3 Å². The van der Waals surface area contributed by atoms with Gasteiger partial charge in [0.05, 0.1) is 20.6 Å². The number of hydrogen-bond acceptors (Lipinski definition) is 6. The lowest BCUT2D eigenvalue weighted by atomic mass is 10.0. The summed E-state index contributed by atoms with van der Waals surface area (Å²) < 4.78 is 11.9. The number of carbonyl (C=O) groups excluding carboxylic acids is 1. The van der Waals surface area contributed by atoms with E-state index in [1.807, 2.05) is 37.2 Å². The molecule has 1 amide bonds. The molecular formula is C24H31N3O3S. The summed E-state index contributed by atoms with van der Waals surface area (Å²) >= 11 is 1.46. The molecule has 0 fully saturated rings. The number of amides is 1. The highest BCUT2D eigenvalue weighted by atomic mass is 32.1. The summed E-state index contributed by atoms with van der Waals surface area (Å²) in [5, 5.41) is 0.672. The van der Waals surface area contributed by atoms with E-state index < -0.39 is 0 Å². The van der Waals surface area contributed by atoms with E-state index >= 15 is 0 Å². The van der Waals surface area contributed by atoms with Gasteiger partial charge in [-0.05, 0) is 69.7 Å². The second-order valence-electron chi connectivity index (χ2n) is 7.94. The minimum atomic E-state index is 0.0407. The summed E-state index contributed by atoms with van der Waals surface area (Å²) in [6.45, 7) is 5.65. The number of aryl methyl sites for hydroxylation is 2. The molecule has 0 atom stereocenters. The first kappa shape index (κ1) is 23.0. The number of methoxy groups -OCH3 is 2. The lowest BCUT2D eigenvalue weighted by Gasteiger charge is -2.21. The summed E-state index contributed by atoms with van der Waals surface area (Å²) in [5.41, 5.74) is 4.16.